The summed E-state index contributed by atoms with van der Waals surface area (Å²) in [5.74, 6) is -4.05. The molecule has 0 radical (unpaired) electrons. The molecule has 8 heteroatoms. The van der Waals surface area contributed by atoms with E-state index in [1.54, 1.807) is 0 Å². The minimum absolute atomic E-state index is 0.250. The monoisotopic (exact) mass is 624 g/mol. The van der Waals surface area contributed by atoms with Crippen molar-refractivity contribution in [1.82, 2.24) is 0 Å². The van der Waals surface area contributed by atoms with Gasteiger partial charge in [0.2, 0.25) is 11.5 Å². The van der Waals surface area contributed by atoms with Crippen LogP contribution in [0.4, 0.5) is 0 Å². The molecule has 256 valence electrons. The maximum Gasteiger partial charge on any atom is 0.371 e. The Balaban J connectivity index is 0. The van der Waals surface area contributed by atoms with Crippen molar-refractivity contribution >= 4 is 23.9 Å². The van der Waals surface area contributed by atoms with Gasteiger partial charge in [-0.15, -0.1) is 0 Å². The number of esters is 2. The number of aliphatic carboxylic acids is 2. The number of carboxylic acids is 2. The molecule has 0 saturated carbocycles. The van der Waals surface area contributed by atoms with Crippen molar-refractivity contribution in [2.45, 2.75) is 182 Å². The Morgan fingerprint density at radius 1 is 0.432 bits per heavy atom. The molecule has 0 unspecified atom stereocenters. The van der Waals surface area contributed by atoms with E-state index in [0.29, 0.717) is 12.8 Å². The van der Waals surface area contributed by atoms with Crippen LogP contribution < -0.4 is 0 Å². The first kappa shape index (κ1) is 43.5. The Hall–Kier alpha value is -2.64. The second-order valence-corrected chi connectivity index (χ2v) is 11.6. The molecular weight excluding hydrogens is 560 g/mol. The summed E-state index contributed by atoms with van der Waals surface area (Å²) in [4.78, 5) is 43.1. The fraction of sp³-hybridized carbons (Fsp3) is 0.778. The van der Waals surface area contributed by atoms with Gasteiger partial charge in [0.05, 0.1) is 0 Å². The van der Waals surface area contributed by atoms with Crippen molar-refractivity contribution in [1.29, 1.82) is 0 Å². The van der Waals surface area contributed by atoms with Gasteiger partial charge in [-0.05, 0) is 37.8 Å². The van der Waals surface area contributed by atoms with Crippen LogP contribution in [0.1, 0.15) is 182 Å². The lowest BCUT2D eigenvalue weighted by Crippen LogP contribution is -2.08. The number of ether oxygens (including phenoxy) is 2. The van der Waals surface area contributed by atoms with Crippen LogP contribution in [0.25, 0.3) is 0 Å². The smallest absolute Gasteiger partial charge is 0.371 e. The maximum atomic E-state index is 10.8. The first-order valence-electron chi connectivity index (χ1n) is 17.4. The summed E-state index contributed by atoms with van der Waals surface area (Å²) >= 11 is 0. The van der Waals surface area contributed by atoms with E-state index < -0.39 is 23.9 Å². The number of hydrogen-bond acceptors (Lipinski definition) is 6. The van der Waals surface area contributed by atoms with E-state index in [9.17, 15) is 19.2 Å². The normalized spacial score (nSPS) is 11.5. The van der Waals surface area contributed by atoms with Crippen LogP contribution in [0.15, 0.2) is 23.7 Å². The van der Waals surface area contributed by atoms with Crippen molar-refractivity contribution in [2.24, 2.45) is 0 Å². The second-order valence-electron chi connectivity index (χ2n) is 11.6. The molecule has 0 fully saturated rings. The van der Waals surface area contributed by atoms with Gasteiger partial charge in [0.15, 0.2) is 0 Å². The molecule has 8 nitrogen and oxygen atoms in total. The summed E-state index contributed by atoms with van der Waals surface area (Å²) in [6, 6.07) is 0. The summed E-state index contributed by atoms with van der Waals surface area (Å²) in [5.41, 5.74) is 0. The summed E-state index contributed by atoms with van der Waals surface area (Å²) in [7, 11) is 0. The van der Waals surface area contributed by atoms with E-state index in [-0.39, 0.29) is 11.5 Å². The quantitative estimate of drug-likeness (QED) is 0.0381. The Morgan fingerprint density at radius 3 is 0.864 bits per heavy atom. The van der Waals surface area contributed by atoms with Crippen LogP contribution in [-0.2, 0) is 28.7 Å². The van der Waals surface area contributed by atoms with Crippen LogP contribution >= 0.6 is 0 Å². The third-order valence-electron chi connectivity index (χ3n) is 7.20. The SMILES string of the molecule is CCCCCCCCCCCCCC=C(OC(C)=O)C(=O)O.CCCCCCCCCCCCCC=C(OC(C)=O)C(=O)O. The third-order valence-corrected chi connectivity index (χ3v) is 7.20. The molecule has 0 heterocycles. The van der Waals surface area contributed by atoms with Crippen LogP contribution in [0.2, 0.25) is 0 Å². The molecular formula is C36H64O8. The Morgan fingerprint density at radius 2 is 0.659 bits per heavy atom. The standard InChI is InChI=1S/2C18H32O4/c2*1-3-4-5-6-7-8-9-10-11-12-13-14-15-17(18(20)21)22-16(2)19/h2*15H,3-14H2,1-2H3,(H,20,21). The Labute approximate surface area is 268 Å². The average Bonchev–Trinajstić information content (AvgIpc) is 2.96. The zero-order chi connectivity index (χ0) is 33.3. The predicted molar refractivity (Wildman–Crippen MR) is 177 cm³/mol. The number of hydrogen-bond donors (Lipinski definition) is 2. The molecule has 0 bridgehead atoms. The van der Waals surface area contributed by atoms with Gasteiger partial charge in [0.25, 0.3) is 0 Å². The number of carbonyl (C=O) groups is 4. The Bertz CT molecular complexity index is 734. The fourth-order valence-corrected chi connectivity index (χ4v) is 4.74. The molecule has 0 aromatic rings. The first-order valence-corrected chi connectivity index (χ1v) is 17.4. The third kappa shape index (κ3) is 33.9. The van der Waals surface area contributed by atoms with Crippen molar-refractivity contribution < 1.29 is 38.9 Å². The van der Waals surface area contributed by atoms with Gasteiger partial charge < -0.3 is 19.7 Å². The number of carboxylic acid groups (broad SMARTS) is 2. The summed E-state index contributed by atoms with van der Waals surface area (Å²) in [5, 5.41) is 17.7. The zero-order valence-electron chi connectivity index (χ0n) is 28.5. The highest BCUT2D eigenvalue weighted by Gasteiger charge is 2.11. The van der Waals surface area contributed by atoms with Crippen molar-refractivity contribution in [3.05, 3.63) is 23.7 Å². The summed E-state index contributed by atoms with van der Waals surface area (Å²) in [6.45, 7) is 6.89. The van der Waals surface area contributed by atoms with Crippen molar-refractivity contribution in [3.8, 4) is 0 Å². The van der Waals surface area contributed by atoms with Gasteiger partial charge in [-0.2, -0.15) is 0 Å². The van der Waals surface area contributed by atoms with E-state index >= 15 is 0 Å². The van der Waals surface area contributed by atoms with Crippen LogP contribution in [-0.4, -0.2) is 34.1 Å². The van der Waals surface area contributed by atoms with E-state index in [2.05, 4.69) is 23.3 Å². The molecule has 2 N–H and O–H groups in total. The lowest BCUT2D eigenvalue weighted by molar-refractivity contribution is -0.146. The van der Waals surface area contributed by atoms with Gasteiger partial charge >= 0.3 is 23.9 Å². The lowest BCUT2D eigenvalue weighted by atomic mass is 10.1. The van der Waals surface area contributed by atoms with Crippen LogP contribution in [0.5, 0.6) is 0 Å². The molecule has 44 heavy (non-hydrogen) atoms. The highest BCUT2D eigenvalue weighted by molar-refractivity contribution is 5.88. The molecule has 0 spiro atoms. The predicted octanol–water partition coefficient (Wildman–Crippen LogP) is 10.4. The molecule has 0 atom stereocenters. The maximum absolute atomic E-state index is 10.8. The zero-order valence-corrected chi connectivity index (χ0v) is 28.5. The van der Waals surface area contributed by atoms with E-state index in [4.69, 9.17) is 10.2 Å². The fourth-order valence-electron chi connectivity index (χ4n) is 4.74. The average molecular weight is 625 g/mol. The van der Waals surface area contributed by atoms with Crippen molar-refractivity contribution in [2.75, 3.05) is 0 Å². The van der Waals surface area contributed by atoms with Gasteiger partial charge in [0, 0.05) is 13.8 Å². The van der Waals surface area contributed by atoms with Crippen molar-refractivity contribution in [3.63, 3.8) is 0 Å². The molecule has 0 aromatic heterocycles. The molecule has 0 rings (SSSR count). The minimum atomic E-state index is -1.18. The second kappa shape index (κ2) is 33.3. The van der Waals surface area contributed by atoms with Gasteiger partial charge in [-0.3, -0.25) is 9.59 Å². The first-order chi connectivity index (χ1) is 21.1. The molecule has 0 aliphatic carbocycles. The molecule has 0 aliphatic rings. The highest BCUT2D eigenvalue weighted by atomic mass is 16.6. The number of carbonyl (C=O) groups excluding carboxylic acids is 2. The van der Waals surface area contributed by atoms with Crippen LogP contribution in [0, 0.1) is 0 Å². The van der Waals surface area contributed by atoms with Gasteiger partial charge in [-0.1, -0.05) is 142 Å². The lowest BCUT2D eigenvalue weighted by Gasteiger charge is -2.03. The topological polar surface area (TPSA) is 127 Å². The van der Waals surface area contributed by atoms with Gasteiger partial charge in [-0.25, -0.2) is 9.59 Å². The molecule has 0 aliphatic heterocycles. The minimum Gasteiger partial charge on any atom is -0.475 e. The largest absolute Gasteiger partial charge is 0.475 e. The van der Waals surface area contributed by atoms with Gasteiger partial charge in [0.1, 0.15) is 0 Å². The molecule has 0 aromatic carbocycles. The number of rotatable bonds is 28. The highest BCUT2D eigenvalue weighted by Crippen LogP contribution is 2.14. The van der Waals surface area contributed by atoms with Crippen LogP contribution in [0.3, 0.4) is 0 Å². The summed E-state index contributed by atoms with van der Waals surface area (Å²) in [6.07, 6.45) is 32.0. The van der Waals surface area contributed by atoms with E-state index in [1.807, 2.05) is 0 Å². The number of unbranched alkanes of at least 4 members (excludes halogenated alkanes) is 22. The van der Waals surface area contributed by atoms with E-state index in [0.717, 1.165) is 25.7 Å². The van der Waals surface area contributed by atoms with E-state index in [1.165, 1.54) is 142 Å². The molecule has 0 amide bonds. The summed E-state index contributed by atoms with van der Waals surface area (Å²) < 4.78 is 9.27. The Kier molecular flexibility index (Phi) is 32.9. The number of allylic oxidation sites excluding steroid dienone is 2. The molecule has 0 saturated heterocycles.